The number of carbonyl (C=O) groups excluding carboxylic acids is 1. The van der Waals surface area contributed by atoms with Crippen LogP contribution in [0.3, 0.4) is 0 Å². The van der Waals surface area contributed by atoms with Crippen LogP contribution in [0.2, 0.25) is 0 Å². The minimum absolute atomic E-state index is 0.0281. The lowest BCUT2D eigenvalue weighted by Gasteiger charge is -2.33. The third-order valence-corrected chi connectivity index (χ3v) is 3.32. The molecule has 1 saturated heterocycles. The summed E-state index contributed by atoms with van der Waals surface area (Å²) in [5.41, 5.74) is 0. The molecule has 2 atom stereocenters. The molecule has 0 saturated carbocycles. The van der Waals surface area contributed by atoms with Crippen molar-refractivity contribution in [2.75, 3.05) is 26.3 Å². The number of nitrogens with one attached hydrogen (secondary N) is 1. The third-order valence-electron chi connectivity index (χ3n) is 3.32. The highest BCUT2D eigenvalue weighted by molar-refractivity contribution is 5.80. The molecule has 0 aromatic carbocycles. The largest absolute Gasteiger partial charge is 0.368 e. The normalized spacial score (nSPS) is 20.3. The van der Waals surface area contributed by atoms with Crippen molar-refractivity contribution in [2.24, 2.45) is 0 Å². The first-order valence-electron chi connectivity index (χ1n) is 7.13. The van der Waals surface area contributed by atoms with E-state index < -0.39 is 6.10 Å². The summed E-state index contributed by atoms with van der Waals surface area (Å²) in [7, 11) is 0. The van der Waals surface area contributed by atoms with Gasteiger partial charge in [0.2, 0.25) is 0 Å². The fraction of sp³-hybridized carbons (Fsp3) is 0.643. The van der Waals surface area contributed by atoms with Gasteiger partial charge in [-0.25, -0.2) is 4.98 Å². The molecule has 116 valence electrons. The van der Waals surface area contributed by atoms with Gasteiger partial charge < -0.3 is 14.4 Å². The molecule has 2 rings (SSSR count). The van der Waals surface area contributed by atoms with Gasteiger partial charge in [-0.15, -0.1) is 6.58 Å². The Kier molecular flexibility index (Phi) is 5.46. The van der Waals surface area contributed by atoms with Gasteiger partial charge in [0.15, 0.2) is 5.82 Å². The molecule has 2 heterocycles. The first-order valence-corrected chi connectivity index (χ1v) is 7.13. The van der Waals surface area contributed by atoms with E-state index in [2.05, 4.69) is 21.8 Å². The van der Waals surface area contributed by atoms with Crippen LogP contribution < -0.4 is 0 Å². The van der Waals surface area contributed by atoms with Crippen molar-refractivity contribution >= 4 is 5.91 Å². The molecule has 0 unspecified atom stereocenters. The maximum atomic E-state index is 12.3. The summed E-state index contributed by atoms with van der Waals surface area (Å²) in [5.74, 6) is 1.29. The highest BCUT2D eigenvalue weighted by Gasteiger charge is 2.30. The molecule has 1 aromatic rings. The summed E-state index contributed by atoms with van der Waals surface area (Å²) in [6.07, 6.45) is 1.76. The maximum Gasteiger partial charge on any atom is 0.251 e. The maximum absolute atomic E-state index is 12.3. The number of aromatic amines is 1. The topological polar surface area (TPSA) is 80.3 Å². The molecule has 1 aliphatic heterocycles. The minimum Gasteiger partial charge on any atom is -0.368 e. The van der Waals surface area contributed by atoms with Crippen molar-refractivity contribution in [1.29, 1.82) is 0 Å². The van der Waals surface area contributed by atoms with E-state index in [0.29, 0.717) is 32.1 Å². The average molecular weight is 294 g/mol. The van der Waals surface area contributed by atoms with Crippen molar-refractivity contribution in [3.05, 3.63) is 24.3 Å². The number of morpholine rings is 1. The predicted molar refractivity (Wildman–Crippen MR) is 76.6 cm³/mol. The van der Waals surface area contributed by atoms with Crippen LogP contribution >= 0.6 is 0 Å². The Labute approximate surface area is 124 Å². The summed E-state index contributed by atoms with van der Waals surface area (Å²) >= 11 is 0. The summed E-state index contributed by atoms with van der Waals surface area (Å²) in [6.45, 7) is 9.22. The van der Waals surface area contributed by atoms with Crippen LogP contribution in [0, 0.1) is 6.92 Å². The molecule has 0 radical (unpaired) electrons. The lowest BCUT2D eigenvalue weighted by Crippen LogP contribution is -2.46. The van der Waals surface area contributed by atoms with E-state index in [4.69, 9.17) is 9.47 Å². The Morgan fingerprint density at radius 3 is 3.19 bits per heavy atom. The molecule has 1 amide bonds. The van der Waals surface area contributed by atoms with Crippen molar-refractivity contribution in [3.8, 4) is 0 Å². The minimum atomic E-state index is -0.461. The molecule has 7 nitrogen and oxygen atoms in total. The number of H-pyrrole nitrogens is 1. The molecule has 0 bridgehead atoms. The van der Waals surface area contributed by atoms with E-state index >= 15 is 0 Å². The third kappa shape index (κ3) is 4.12. The van der Waals surface area contributed by atoms with Crippen LogP contribution in [0.25, 0.3) is 0 Å². The highest BCUT2D eigenvalue weighted by atomic mass is 16.5. The fourth-order valence-corrected chi connectivity index (χ4v) is 2.17. The number of hydrogen-bond acceptors (Lipinski definition) is 5. The quantitative estimate of drug-likeness (QED) is 0.625. The van der Waals surface area contributed by atoms with Crippen LogP contribution in [-0.4, -0.2) is 58.4 Å². The van der Waals surface area contributed by atoms with Gasteiger partial charge >= 0.3 is 0 Å². The molecule has 1 fully saturated rings. The van der Waals surface area contributed by atoms with Gasteiger partial charge in [0.05, 0.1) is 19.8 Å². The van der Waals surface area contributed by atoms with Crippen LogP contribution in [0.15, 0.2) is 12.7 Å². The monoisotopic (exact) mass is 294 g/mol. The molecule has 1 N–H and O–H groups in total. The second-order valence-corrected chi connectivity index (χ2v) is 5.01. The van der Waals surface area contributed by atoms with Gasteiger partial charge in [-0.3, -0.25) is 9.89 Å². The molecule has 1 aromatic heterocycles. The standard InChI is InChI=1S/C14H22N4O3/c1-4-5-7-20-10(2)14(19)18-6-8-21-12(9-18)13-15-11(3)16-17-13/h4,10,12H,1,5-9H2,2-3H3,(H,15,16,17)/t10-,12-/m1/s1. The number of nitrogens with zero attached hydrogens (tertiary/aromatic N) is 3. The molecular formula is C14H22N4O3. The lowest BCUT2D eigenvalue weighted by molar-refractivity contribution is -0.150. The predicted octanol–water partition coefficient (Wildman–Crippen LogP) is 0.994. The Balaban J connectivity index is 1.90. The summed E-state index contributed by atoms with van der Waals surface area (Å²) < 4.78 is 11.1. The zero-order valence-corrected chi connectivity index (χ0v) is 12.5. The van der Waals surface area contributed by atoms with Gasteiger partial charge in [-0.2, -0.15) is 5.10 Å². The van der Waals surface area contributed by atoms with Gasteiger partial charge in [-0.05, 0) is 20.3 Å². The molecule has 0 aliphatic carbocycles. The number of aromatic nitrogens is 3. The molecule has 21 heavy (non-hydrogen) atoms. The van der Waals surface area contributed by atoms with Gasteiger partial charge in [0.1, 0.15) is 18.0 Å². The van der Waals surface area contributed by atoms with Gasteiger partial charge in [-0.1, -0.05) is 6.08 Å². The summed E-state index contributed by atoms with van der Waals surface area (Å²) in [6, 6.07) is 0. The fourth-order valence-electron chi connectivity index (χ4n) is 2.17. The average Bonchev–Trinajstić information content (AvgIpc) is 2.93. The van der Waals surface area contributed by atoms with Crippen molar-refractivity contribution < 1.29 is 14.3 Å². The molecule has 1 aliphatic rings. The van der Waals surface area contributed by atoms with Crippen LogP contribution in [0.5, 0.6) is 0 Å². The number of carbonyl (C=O) groups is 1. The van der Waals surface area contributed by atoms with Crippen LogP contribution in [-0.2, 0) is 14.3 Å². The van der Waals surface area contributed by atoms with E-state index in [0.717, 1.165) is 12.2 Å². The highest BCUT2D eigenvalue weighted by Crippen LogP contribution is 2.19. The Bertz CT molecular complexity index is 488. The number of ether oxygens (including phenoxy) is 2. The Hall–Kier alpha value is -1.73. The van der Waals surface area contributed by atoms with E-state index in [1.165, 1.54) is 0 Å². The van der Waals surface area contributed by atoms with Gasteiger partial charge in [0.25, 0.3) is 5.91 Å². The zero-order chi connectivity index (χ0) is 15.2. The van der Waals surface area contributed by atoms with E-state index in [9.17, 15) is 4.79 Å². The number of amides is 1. The van der Waals surface area contributed by atoms with E-state index in [1.807, 2.05) is 6.92 Å². The van der Waals surface area contributed by atoms with Crippen LogP contribution in [0.4, 0.5) is 0 Å². The second kappa shape index (κ2) is 7.33. The van der Waals surface area contributed by atoms with Crippen molar-refractivity contribution in [2.45, 2.75) is 32.5 Å². The zero-order valence-electron chi connectivity index (χ0n) is 12.5. The number of hydrogen-bond donors (Lipinski definition) is 1. The molecule has 0 spiro atoms. The van der Waals surface area contributed by atoms with E-state index in [1.54, 1.807) is 17.9 Å². The van der Waals surface area contributed by atoms with Crippen molar-refractivity contribution in [1.82, 2.24) is 20.1 Å². The second-order valence-electron chi connectivity index (χ2n) is 5.01. The first-order chi connectivity index (χ1) is 10.1. The van der Waals surface area contributed by atoms with Crippen molar-refractivity contribution in [3.63, 3.8) is 0 Å². The SMILES string of the molecule is C=CCCO[C@H](C)C(=O)N1CCO[C@@H](c2n[nH]c(C)n2)C1. The van der Waals surface area contributed by atoms with Crippen LogP contribution in [0.1, 0.15) is 31.1 Å². The number of rotatable bonds is 6. The number of aryl methyl sites for hydroxylation is 1. The molecular weight excluding hydrogens is 272 g/mol. The first kappa shape index (κ1) is 15.7. The Morgan fingerprint density at radius 2 is 2.52 bits per heavy atom. The van der Waals surface area contributed by atoms with Gasteiger partial charge in [0, 0.05) is 6.54 Å². The molecule has 7 heteroatoms. The lowest BCUT2D eigenvalue weighted by atomic mass is 10.2. The summed E-state index contributed by atoms with van der Waals surface area (Å²) in [5, 5.41) is 6.89. The Morgan fingerprint density at radius 1 is 1.71 bits per heavy atom. The van der Waals surface area contributed by atoms with E-state index in [-0.39, 0.29) is 12.0 Å². The smallest absolute Gasteiger partial charge is 0.251 e. The summed E-state index contributed by atoms with van der Waals surface area (Å²) in [4.78, 5) is 18.4.